The number of aliphatic imine (C=N–C) groups is 1. The molecular formula is C16H29N3O3. The fraction of sp³-hybridized carbons (Fsp3) is 0.875. The van der Waals surface area contributed by atoms with E-state index in [1.807, 2.05) is 20.8 Å². The normalized spacial score (nSPS) is 26.4. The van der Waals surface area contributed by atoms with Crippen molar-refractivity contribution in [1.82, 2.24) is 10.2 Å². The molecule has 22 heavy (non-hydrogen) atoms. The molecule has 1 heterocycles. The number of carbonyl (C=O) groups excluding carboxylic acids is 1. The molecule has 126 valence electrons. The third kappa shape index (κ3) is 5.48. The molecule has 1 aliphatic carbocycles. The van der Waals surface area contributed by atoms with Crippen molar-refractivity contribution in [2.24, 2.45) is 10.9 Å². The number of nitrogens with zero attached hydrogens (tertiary/aromatic N) is 2. The smallest absolute Gasteiger partial charge is 0.410 e. The highest BCUT2D eigenvalue weighted by molar-refractivity contribution is 5.87. The van der Waals surface area contributed by atoms with Gasteiger partial charge in [0.2, 0.25) is 0 Å². The van der Waals surface area contributed by atoms with Crippen LogP contribution in [0.25, 0.3) is 0 Å². The summed E-state index contributed by atoms with van der Waals surface area (Å²) in [5.41, 5.74) is -0.475. The number of aliphatic hydroxyl groups is 1. The van der Waals surface area contributed by atoms with Crippen molar-refractivity contribution in [1.29, 1.82) is 0 Å². The van der Waals surface area contributed by atoms with Crippen LogP contribution in [0.3, 0.4) is 0 Å². The average Bonchev–Trinajstić information content (AvgIpc) is 2.44. The minimum absolute atomic E-state index is 0.160. The van der Waals surface area contributed by atoms with Crippen molar-refractivity contribution in [3.8, 4) is 0 Å². The molecule has 0 aromatic heterocycles. The highest BCUT2D eigenvalue weighted by Crippen LogP contribution is 2.23. The lowest BCUT2D eigenvalue weighted by Crippen LogP contribution is -2.48. The summed E-state index contributed by atoms with van der Waals surface area (Å²) < 4.78 is 5.41. The lowest BCUT2D eigenvalue weighted by molar-refractivity contribution is 0.0276. The van der Waals surface area contributed by atoms with Gasteiger partial charge in [-0.15, -0.1) is 0 Å². The Balaban J connectivity index is 1.78. The van der Waals surface area contributed by atoms with Gasteiger partial charge in [0.1, 0.15) is 11.4 Å². The Kier molecular flexibility index (Phi) is 5.67. The van der Waals surface area contributed by atoms with Crippen LogP contribution in [-0.4, -0.2) is 59.8 Å². The Hall–Kier alpha value is -1.30. The standard InChI is InChI=1S/C16H29N3O3/c1-16(2,3)22-15(21)19-8-7-17-14(11-19)18-10-12-5-4-6-13(20)9-12/h12-13,20H,4-11H2,1-3H3,(H,17,18). The maximum Gasteiger partial charge on any atom is 0.410 e. The molecule has 0 aromatic rings. The number of hydrogen-bond acceptors (Lipinski definition) is 5. The average molecular weight is 311 g/mol. The molecule has 1 saturated carbocycles. The van der Waals surface area contributed by atoms with E-state index in [-0.39, 0.29) is 12.2 Å². The maximum absolute atomic E-state index is 12.1. The largest absolute Gasteiger partial charge is 0.444 e. The van der Waals surface area contributed by atoms with Crippen molar-refractivity contribution < 1.29 is 14.6 Å². The van der Waals surface area contributed by atoms with Gasteiger partial charge in [-0.25, -0.2) is 4.79 Å². The Morgan fingerprint density at radius 1 is 1.45 bits per heavy atom. The zero-order valence-electron chi connectivity index (χ0n) is 14.0. The van der Waals surface area contributed by atoms with Gasteiger partial charge >= 0.3 is 6.09 Å². The maximum atomic E-state index is 12.1. The van der Waals surface area contributed by atoms with Gasteiger partial charge in [0.25, 0.3) is 0 Å². The van der Waals surface area contributed by atoms with Crippen LogP contribution in [0.2, 0.25) is 0 Å². The molecule has 1 aliphatic heterocycles. The summed E-state index contributed by atoms with van der Waals surface area (Å²) in [7, 11) is 0. The topological polar surface area (TPSA) is 74.2 Å². The van der Waals surface area contributed by atoms with Crippen LogP contribution in [-0.2, 0) is 4.74 Å². The number of amidine groups is 1. The number of nitrogens with one attached hydrogen (secondary N) is 1. The van der Waals surface area contributed by atoms with E-state index in [4.69, 9.17) is 4.74 Å². The van der Waals surface area contributed by atoms with E-state index in [0.29, 0.717) is 25.6 Å². The molecule has 1 fully saturated rings. The number of hydrogen-bond donors (Lipinski definition) is 2. The zero-order valence-corrected chi connectivity index (χ0v) is 14.0. The van der Waals surface area contributed by atoms with E-state index in [1.54, 1.807) is 4.90 Å². The van der Waals surface area contributed by atoms with E-state index >= 15 is 0 Å². The van der Waals surface area contributed by atoms with E-state index in [2.05, 4.69) is 10.3 Å². The molecule has 0 radical (unpaired) electrons. The second-order valence-electron chi connectivity index (χ2n) is 7.30. The van der Waals surface area contributed by atoms with Crippen molar-refractivity contribution in [2.75, 3.05) is 26.2 Å². The molecule has 2 N–H and O–H groups in total. The zero-order chi connectivity index (χ0) is 16.2. The summed E-state index contributed by atoms with van der Waals surface area (Å²) in [6.07, 6.45) is 3.57. The lowest BCUT2D eigenvalue weighted by Gasteiger charge is -2.31. The summed E-state index contributed by atoms with van der Waals surface area (Å²) in [6, 6.07) is 0. The molecule has 2 aliphatic rings. The summed E-state index contributed by atoms with van der Waals surface area (Å²) in [5.74, 6) is 1.33. The number of ether oxygens (including phenoxy) is 1. The number of carbonyl (C=O) groups is 1. The Labute approximate surface area is 132 Å². The number of amides is 1. The lowest BCUT2D eigenvalue weighted by atomic mass is 9.87. The molecule has 2 rings (SSSR count). The summed E-state index contributed by atoms with van der Waals surface area (Å²) in [6.45, 7) is 8.11. The van der Waals surface area contributed by atoms with Gasteiger partial charge in [0.15, 0.2) is 0 Å². The molecule has 2 atom stereocenters. The van der Waals surface area contributed by atoms with Crippen LogP contribution in [0.15, 0.2) is 4.99 Å². The SMILES string of the molecule is CC(C)(C)OC(=O)N1CCN=C(NCC2CCCC(O)C2)C1. The highest BCUT2D eigenvalue weighted by atomic mass is 16.6. The Bertz CT molecular complexity index is 417. The van der Waals surface area contributed by atoms with Gasteiger partial charge in [0, 0.05) is 13.1 Å². The van der Waals surface area contributed by atoms with Crippen LogP contribution in [0, 0.1) is 5.92 Å². The van der Waals surface area contributed by atoms with Crippen LogP contribution >= 0.6 is 0 Å². The minimum atomic E-state index is -0.475. The van der Waals surface area contributed by atoms with Crippen molar-refractivity contribution in [2.45, 2.75) is 58.2 Å². The predicted octanol–water partition coefficient (Wildman–Crippen LogP) is 1.78. The minimum Gasteiger partial charge on any atom is -0.444 e. The monoisotopic (exact) mass is 311 g/mol. The fourth-order valence-electron chi connectivity index (χ4n) is 2.92. The summed E-state index contributed by atoms with van der Waals surface area (Å²) in [5, 5.41) is 13.1. The van der Waals surface area contributed by atoms with Crippen LogP contribution in [0.4, 0.5) is 4.79 Å². The molecule has 0 bridgehead atoms. The van der Waals surface area contributed by atoms with E-state index in [9.17, 15) is 9.90 Å². The molecule has 1 amide bonds. The van der Waals surface area contributed by atoms with E-state index in [0.717, 1.165) is 38.1 Å². The van der Waals surface area contributed by atoms with Gasteiger partial charge in [0.05, 0.1) is 19.2 Å². The first-order valence-corrected chi connectivity index (χ1v) is 8.26. The molecule has 0 spiro atoms. The molecule has 2 unspecified atom stereocenters. The van der Waals surface area contributed by atoms with Gasteiger partial charge in [-0.2, -0.15) is 0 Å². The Morgan fingerprint density at radius 2 is 2.23 bits per heavy atom. The second-order valence-corrected chi connectivity index (χ2v) is 7.30. The van der Waals surface area contributed by atoms with E-state index in [1.165, 1.54) is 0 Å². The first-order chi connectivity index (χ1) is 10.3. The first kappa shape index (κ1) is 17.1. The van der Waals surface area contributed by atoms with Crippen LogP contribution < -0.4 is 5.32 Å². The quantitative estimate of drug-likeness (QED) is 0.815. The van der Waals surface area contributed by atoms with Gasteiger partial charge in [-0.3, -0.25) is 9.89 Å². The molecule has 6 heteroatoms. The van der Waals surface area contributed by atoms with Crippen molar-refractivity contribution >= 4 is 11.9 Å². The fourth-order valence-corrected chi connectivity index (χ4v) is 2.92. The first-order valence-electron chi connectivity index (χ1n) is 8.26. The molecule has 0 saturated heterocycles. The molecular weight excluding hydrogens is 282 g/mol. The van der Waals surface area contributed by atoms with Crippen LogP contribution in [0.1, 0.15) is 46.5 Å². The predicted molar refractivity (Wildman–Crippen MR) is 86.1 cm³/mol. The van der Waals surface area contributed by atoms with Crippen molar-refractivity contribution in [3.05, 3.63) is 0 Å². The van der Waals surface area contributed by atoms with Gasteiger partial charge in [-0.1, -0.05) is 6.42 Å². The van der Waals surface area contributed by atoms with E-state index < -0.39 is 5.60 Å². The summed E-state index contributed by atoms with van der Waals surface area (Å²) >= 11 is 0. The number of aliphatic hydroxyl groups excluding tert-OH is 1. The third-order valence-corrected chi connectivity index (χ3v) is 4.01. The molecule has 6 nitrogen and oxygen atoms in total. The third-order valence-electron chi connectivity index (χ3n) is 4.01. The number of rotatable bonds is 2. The van der Waals surface area contributed by atoms with Gasteiger partial charge < -0.3 is 15.2 Å². The summed E-state index contributed by atoms with van der Waals surface area (Å²) in [4.78, 5) is 18.2. The Morgan fingerprint density at radius 3 is 2.91 bits per heavy atom. The molecule has 0 aromatic carbocycles. The highest BCUT2D eigenvalue weighted by Gasteiger charge is 2.26. The van der Waals surface area contributed by atoms with Gasteiger partial charge in [-0.05, 0) is 46.0 Å². The van der Waals surface area contributed by atoms with Crippen LogP contribution in [0.5, 0.6) is 0 Å². The van der Waals surface area contributed by atoms with Crippen molar-refractivity contribution in [3.63, 3.8) is 0 Å². The second kappa shape index (κ2) is 7.31.